The smallest absolute Gasteiger partial charge is 0.334 e. The van der Waals surface area contributed by atoms with Gasteiger partial charge in [0.1, 0.15) is 12.7 Å². The van der Waals surface area contributed by atoms with Gasteiger partial charge in [0.25, 0.3) is 0 Å². The number of hydrogen-bond acceptors (Lipinski definition) is 6. The summed E-state index contributed by atoms with van der Waals surface area (Å²) in [5.74, 6) is 0.713. The molecular formula is C16H16N6O2. The monoisotopic (exact) mass is 324 g/mol. The number of hydrogen-bond donors (Lipinski definition) is 1. The molecule has 0 atom stereocenters. The van der Waals surface area contributed by atoms with Crippen molar-refractivity contribution in [1.82, 2.24) is 19.5 Å². The van der Waals surface area contributed by atoms with E-state index in [9.17, 15) is 10.1 Å². The number of imidazole rings is 1. The number of rotatable bonds is 5. The van der Waals surface area contributed by atoms with Gasteiger partial charge < -0.3 is 5.32 Å². The Morgan fingerprint density at radius 3 is 2.54 bits per heavy atom. The Labute approximate surface area is 138 Å². The van der Waals surface area contributed by atoms with Crippen LogP contribution in [0.2, 0.25) is 0 Å². The number of nitrogens with one attached hydrogen (secondary N) is 1. The minimum Gasteiger partial charge on any atom is -0.334 e. The lowest BCUT2D eigenvalue weighted by Crippen LogP contribution is -2.06. The molecule has 0 unspecified atom stereocenters. The number of nitro groups is 1. The van der Waals surface area contributed by atoms with Gasteiger partial charge in [-0.1, -0.05) is 26.0 Å². The molecule has 0 radical (unpaired) electrons. The molecule has 24 heavy (non-hydrogen) atoms. The summed E-state index contributed by atoms with van der Waals surface area (Å²) < 4.78 is 1.48. The SMILES string of the molecule is CC(C)c1ccc(Nc2ncnc(-n3ccnc3)c2[N+](=O)[O-])cc1. The first kappa shape index (κ1) is 15.6. The quantitative estimate of drug-likeness (QED) is 0.570. The van der Waals surface area contributed by atoms with E-state index in [0.717, 1.165) is 5.69 Å². The maximum absolute atomic E-state index is 11.5. The van der Waals surface area contributed by atoms with Gasteiger partial charge in [0.2, 0.25) is 11.6 Å². The predicted octanol–water partition coefficient (Wildman–Crippen LogP) is 3.44. The highest BCUT2D eigenvalue weighted by Gasteiger charge is 2.24. The molecule has 122 valence electrons. The van der Waals surface area contributed by atoms with Gasteiger partial charge in [-0.2, -0.15) is 0 Å². The topological polar surface area (TPSA) is 98.8 Å². The van der Waals surface area contributed by atoms with Crippen molar-refractivity contribution in [2.75, 3.05) is 5.32 Å². The maximum Gasteiger partial charge on any atom is 0.354 e. The summed E-state index contributed by atoms with van der Waals surface area (Å²) in [5.41, 5.74) is 1.71. The van der Waals surface area contributed by atoms with Crippen molar-refractivity contribution in [3.8, 4) is 5.82 Å². The van der Waals surface area contributed by atoms with E-state index in [2.05, 4.69) is 34.1 Å². The van der Waals surface area contributed by atoms with Crippen LogP contribution in [0.25, 0.3) is 5.82 Å². The number of benzene rings is 1. The number of nitrogens with zero attached hydrogens (tertiary/aromatic N) is 5. The summed E-state index contributed by atoms with van der Waals surface area (Å²) in [4.78, 5) is 23.0. The highest BCUT2D eigenvalue weighted by molar-refractivity contribution is 5.70. The summed E-state index contributed by atoms with van der Waals surface area (Å²) in [6.45, 7) is 4.21. The Morgan fingerprint density at radius 1 is 1.21 bits per heavy atom. The van der Waals surface area contributed by atoms with E-state index in [4.69, 9.17) is 0 Å². The van der Waals surface area contributed by atoms with Crippen molar-refractivity contribution < 1.29 is 4.92 Å². The average Bonchev–Trinajstić information content (AvgIpc) is 3.09. The van der Waals surface area contributed by atoms with Crippen LogP contribution < -0.4 is 5.32 Å². The third-order valence-electron chi connectivity index (χ3n) is 3.57. The zero-order valence-corrected chi connectivity index (χ0v) is 13.2. The third kappa shape index (κ3) is 3.07. The molecule has 0 aliphatic heterocycles. The minimum absolute atomic E-state index is 0.135. The molecule has 1 N–H and O–H groups in total. The Morgan fingerprint density at radius 2 is 1.96 bits per heavy atom. The van der Waals surface area contributed by atoms with Gasteiger partial charge in [-0.15, -0.1) is 0 Å². The van der Waals surface area contributed by atoms with Crippen molar-refractivity contribution in [2.24, 2.45) is 0 Å². The summed E-state index contributed by atoms with van der Waals surface area (Å²) in [6.07, 6.45) is 5.86. The molecule has 0 saturated carbocycles. The first-order valence-corrected chi connectivity index (χ1v) is 7.41. The molecule has 3 aromatic rings. The zero-order chi connectivity index (χ0) is 17.1. The molecule has 3 rings (SSSR count). The minimum atomic E-state index is -0.500. The van der Waals surface area contributed by atoms with E-state index in [-0.39, 0.29) is 17.3 Å². The van der Waals surface area contributed by atoms with E-state index in [0.29, 0.717) is 5.92 Å². The van der Waals surface area contributed by atoms with Crippen LogP contribution in [0.3, 0.4) is 0 Å². The molecule has 2 heterocycles. The molecule has 0 aliphatic carbocycles. The zero-order valence-electron chi connectivity index (χ0n) is 13.2. The van der Waals surface area contributed by atoms with Crippen LogP contribution in [0.1, 0.15) is 25.3 Å². The van der Waals surface area contributed by atoms with Gasteiger partial charge in [0, 0.05) is 18.1 Å². The van der Waals surface area contributed by atoms with Crippen LogP contribution in [0.4, 0.5) is 17.2 Å². The largest absolute Gasteiger partial charge is 0.354 e. The predicted molar refractivity (Wildman–Crippen MR) is 89.6 cm³/mol. The lowest BCUT2D eigenvalue weighted by Gasteiger charge is -2.10. The first-order chi connectivity index (χ1) is 11.6. The molecule has 0 spiro atoms. The summed E-state index contributed by atoms with van der Waals surface area (Å²) in [5, 5.41) is 14.5. The van der Waals surface area contributed by atoms with Crippen LogP contribution in [0.5, 0.6) is 0 Å². The fourth-order valence-corrected chi connectivity index (χ4v) is 2.29. The van der Waals surface area contributed by atoms with Gasteiger partial charge in [0.15, 0.2) is 0 Å². The van der Waals surface area contributed by atoms with Crippen molar-refractivity contribution >= 4 is 17.2 Å². The van der Waals surface area contributed by atoms with E-state index < -0.39 is 4.92 Å². The fourth-order valence-electron chi connectivity index (χ4n) is 2.29. The Kier molecular flexibility index (Phi) is 4.19. The van der Waals surface area contributed by atoms with Crippen LogP contribution in [0, 0.1) is 10.1 Å². The second kappa shape index (κ2) is 6.45. The molecule has 0 amide bonds. The van der Waals surface area contributed by atoms with Crippen LogP contribution in [0.15, 0.2) is 49.3 Å². The molecule has 8 heteroatoms. The molecule has 2 aromatic heterocycles. The Balaban J connectivity index is 1.99. The Bertz CT molecular complexity index is 844. The second-order valence-electron chi connectivity index (χ2n) is 5.52. The summed E-state index contributed by atoms with van der Waals surface area (Å²) in [6, 6.07) is 7.71. The van der Waals surface area contributed by atoms with Crippen molar-refractivity contribution in [2.45, 2.75) is 19.8 Å². The Hall–Kier alpha value is -3.29. The molecule has 0 aliphatic rings. The normalized spacial score (nSPS) is 10.8. The van der Waals surface area contributed by atoms with Gasteiger partial charge in [-0.05, 0) is 23.6 Å². The lowest BCUT2D eigenvalue weighted by atomic mass is 10.0. The molecule has 0 saturated heterocycles. The van der Waals surface area contributed by atoms with E-state index >= 15 is 0 Å². The van der Waals surface area contributed by atoms with Gasteiger partial charge in [-0.25, -0.2) is 15.0 Å². The third-order valence-corrected chi connectivity index (χ3v) is 3.57. The van der Waals surface area contributed by atoms with Crippen molar-refractivity contribution in [1.29, 1.82) is 0 Å². The number of aromatic nitrogens is 4. The average molecular weight is 324 g/mol. The molecule has 1 aromatic carbocycles. The molecule has 8 nitrogen and oxygen atoms in total. The first-order valence-electron chi connectivity index (χ1n) is 7.41. The van der Waals surface area contributed by atoms with E-state index in [1.54, 1.807) is 6.20 Å². The lowest BCUT2D eigenvalue weighted by molar-refractivity contribution is -0.384. The summed E-state index contributed by atoms with van der Waals surface area (Å²) in [7, 11) is 0. The summed E-state index contributed by atoms with van der Waals surface area (Å²) >= 11 is 0. The van der Waals surface area contributed by atoms with E-state index in [1.807, 2.05) is 24.3 Å². The second-order valence-corrected chi connectivity index (χ2v) is 5.52. The number of anilines is 2. The fraction of sp³-hybridized carbons (Fsp3) is 0.188. The van der Waals surface area contributed by atoms with Crippen molar-refractivity contribution in [3.63, 3.8) is 0 Å². The highest BCUT2D eigenvalue weighted by Crippen LogP contribution is 2.30. The molecular weight excluding hydrogens is 308 g/mol. The highest BCUT2D eigenvalue weighted by atomic mass is 16.6. The van der Waals surface area contributed by atoms with Crippen LogP contribution in [-0.4, -0.2) is 24.4 Å². The van der Waals surface area contributed by atoms with Gasteiger partial charge in [0.05, 0.1) is 4.92 Å². The van der Waals surface area contributed by atoms with Crippen molar-refractivity contribution in [3.05, 3.63) is 65.0 Å². The van der Waals surface area contributed by atoms with Crippen LogP contribution in [-0.2, 0) is 0 Å². The maximum atomic E-state index is 11.5. The van der Waals surface area contributed by atoms with E-state index in [1.165, 1.54) is 29.0 Å². The standard InChI is InChI=1S/C16H16N6O2/c1-11(2)12-3-5-13(6-4-12)20-15-14(22(23)24)16(19-9-18-15)21-8-7-17-10-21/h3-11H,1-2H3,(H,18,19,20). The van der Waals surface area contributed by atoms with Gasteiger partial charge >= 0.3 is 5.69 Å². The molecule has 0 fully saturated rings. The van der Waals surface area contributed by atoms with Gasteiger partial charge in [-0.3, -0.25) is 14.7 Å². The molecule has 0 bridgehead atoms. The van der Waals surface area contributed by atoms with Crippen LogP contribution >= 0.6 is 0 Å².